The molecule has 2 aliphatic heterocycles. The third-order valence-corrected chi connectivity index (χ3v) is 4.61. The molecule has 120 valence electrons. The van der Waals surface area contributed by atoms with Crippen molar-refractivity contribution in [2.45, 2.75) is 12.5 Å². The summed E-state index contributed by atoms with van der Waals surface area (Å²) in [5.41, 5.74) is 1.25. The fourth-order valence-corrected chi connectivity index (χ4v) is 3.54. The van der Waals surface area contributed by atoms with E-state index in [9.17, 15) is 4.79 Å². The second-order valence-corrected chi connectivity index (χ2v) is 5.99. The maximum Gasteiger partial charge on any atom is 0.248 e. The smallest absolute Gasteiger partial charge is 0.248 e. The van der Waals surface area contributed by atoms with Gasteiger partial charge in [0.2, 0.25) is 5.91 Å². The van der Waals surface area contributed by atoms with E-state index in [2.05, 4.69) is 29.2 Å². The highest BCUT2D eigenvalue weighted by molar-refractivity contribution is 5.77. The molecule has 1 aromatic rings. The van der Waals surface area contributed by atoms with E-state index in [1.54, 1.807) is 7.11 Å². The third-order valence-electron chi connectivity index (χ3n) is 4.61. The van der Waals surface area contributed by atoms with Gasteiger partial charge >= 0.3 is 0 Å². The number of piperidine rings is 1. The molecule has 0 unspecified atom stereocenters. The summed E-state index contributed by atoms with van der Waals surface area (Å²) in [6.07, 6.45) is 0.984. The lowest BCUT2D eigenvalue weighted by molar-refractivity contribution is -0.137. The maximum absolute atomic E-state index is 12.1. The molecule has 2 atom stereocenters. The van der Waals surface area contributed by atoms with Gasteiger partial charge in [-0.15, -0.1) is 0 Å². The molecular formula is C17H24N2O3. The van der Waals surface area contributed by atoms with Crippen molar-refractivity contribution in [3.63, 3.8) is 0 Å². The first kappa shape index (κ1) is 15.3. The molecule has 3 rings (SSSR count). The lowest BCUT2D eigenvalue weighted by Gasteiger charge is -2.43. The van der Waals surface area contributed by atoms with Crippen LogP contribution in [-0.2, 0) is 14.3 Å². The number of amides is 1. The third kappa shape index (κ3) is 3.25. The number of hydrogen-bond donors (Lipinski definition) is 0. The molecule has 0 spiro atoms. The van der Waals surface area contributed by atoms with Gasteiger partial charge in [0.1, 0.15) is 6.61 Å². The number of methoxy groups -OCH3 is 1. The minimum Gasteiger partial charge on any atom is -0.379 e. The van der Waals surface area contributed by atoms with Crippen LogP contribution >= 0.6 is 0 Å². The SMILES string of the molecule is COCC(=O)N1CC[C@H]2[C@@H](COCCN2c2ccccc2)C1. The fourth-order valence-electron chi connectivity index (χ4n) is 3.54. The van der Waals surface area contributed by atoms with Crippen molar-refractivity contribution in [2.24, 2.45) is 5.92 Å². The van der Waals surface area contributed by atoms with Gasteiger partial charge < -0.3 is 19.3 Å². The van der Waals surface area contributed by atoms with Crippen LogP contribution in [0.15, 0.2) is 30.3 Å². The summed E-state index contributed by atoms with van der Waals surface area (Å²) < 4.78 is 10.8. The predicted molar refractivity (Wildman–Crippen MR) is 85.0 cm³/mol. The zero-order chi connectivity index (χ0) is 15.4. The quantitative estimate of drug-likeness (QED) is 0.846. The number of rotatable bonds is 3. The van der Waals surface area contributed by atoms with E-state index in [1.807, 2.05) is 11.0 Å². The second kappa shape index (κ2) is 7.11. The van der Waals surface area contributed by atoms with Crippen LogP contribution in [0.25, 0.3) is 0 Å². The van der Waals surface area contributed by atoms with Gasteiger partial charge in [-0.05, 0) is 18.6 Å². The van der Waals surface area contributed by atoms with E-state index in [0.717, 1.165) is 39.3 Å². The van der Waals surface area contributed by atoms with Crippen LogP contribution in [0.4, 0.5) is 5.69 Å². The molecule has 1 amide bonds. The van der Waals surface area contributed by atoms with Gasteiger partial charge in [-0.3, -0.25) is 4.79 Å². The Labute approximate surface area is 131 Å². The largest absolute Gasteiger partial charge is 0.379 e. The summed E-state index contributed by atoms with van der Waals surface area (Å²) in [4.78, 5) is 16.4. The first-order valence-corrected chi connectivity index (χ1v) is 7.95. The summed E-state index contributed by atoms with van der Waals surface area (Å²) >= 11 is 0. The van der Waals surface area contributed by atoms with Gasteiger partial charge in [0.25, 0.3) is 0 Å². The van der Waals surface area contributed by atoms with Crippen molar-refractivity contribution in [3.05, 3.63) is 30.3 Å². The molecule has 0 radical (unpaired) electrons. The van der Waals surface area contributed by atoms with Crippen LogP contribution in [0.1, 0.15) is 6.42 Å². The number of fused-ring (bicyclic) bond motifs is 1. The summed E-state index contributed by atoms with van der Waals surface area (Å²) in [7, 11) is 1.57. The Bertz CT molecular complexity index is 494. The number of nitrogens with zero attached hydrogens (tertiary/aromatic N) is 2. The molecule has 0 aliphatic carbocycles. The van der Waals surface area contributed by atoms with Gasteiger partial charge in [-0.2, -0.15) is 0 Å². The van der Waals surface area contributed by atoms with Crippen molar-refractivity contribution in [1.82, 2.24) is 4.90 Å². The second-order valence-electron chi connectivity index (χ2n) is 5.99. The van der Waals surface area contributed by atoms with Gasteiger partial charge in [0.15, 0.2) is 0 Å². The summed E-state index contributed by atoms with van der Waals surface area (Å²) in [6.45, 7) is 4.11. The molecule has 2 heterocycles. The molecular weight excluding hydrogens is 280 g/mol. The Morgan fingerprint density at radius 1 is 1.32 bits per heavy atom. The van der Waals surface area contributed by atoms with E-state index >= 15 is 0 Å². The zero-order valence-corrected chi connectivity index (χ0v) is 13.1. The van der Waals surface area contributed by atoms with Crippen LogP contribution in [0.5, 0.6) is 0 Å². The number of anilines is 1. The number of hydrogen-bond acceptors (Lipinski definition) is 4. The number of carbonyl (C=O) groups excluding carboxylic acids is 1. The molecule has 2 fully saturated rings. The minimum atomic E-state index is 0.0801. The van der Waals surface area contributed by atoms with Gasteiger partial charge in [-0.25, -0.2) is 0 Å². The van der Waals surface area contributed by atoms with Crippen molar-refractivity contribution in [3.8, 4) is 0 Å². The minimum absolute atomic E-state index is 0.0801. The molecule has 1 aromatic carbocycles. The van der Waals surface area contributed by atoms with E-state index in [-0.39, 0.29) is 12.5 Å². The first-order chi connectivity index (χ1) is 10.8. The van der Waals surface area contributed by atoms with Crippen molar-refractivity contribution >= 4 is 11.6 Å². The fraction of sp³-hybridized carbons (Fsp3) is 0.588. The zero-order valence-electron chi connectivity index (χ0n) is 13.1. The number of carbonyl (C=O) groups is 1. The molecule has 0 bridgehead atoms. The number of likely N-dealkylation sites (tertiary alicyclic amines) is 1. The van der Waals surface area contributed by atoms with Crippen LogP contribution in [0.2, 0.25) is 0 Å². The van der Waals surface area contributed by atoms with Crippen LogP contribution < -0.4 is 4.90 Å². The lowest BCUT2D eigenvalue weighted by atomic mass is 9.91. The normalized spacial score (nSPS) is 25.5. The summed E-state index contributed by atoms with van der Waals surface area (Å²) in [5.74, 6) is 0.439. The molecule has 2 aliphatic rings. The van der Waals surface area contributed by atoms with Gasteiger partial charge in [-0.1, -0.05) is 18.2 Å². The van der Waals surface area contributed by atoms with Crippen molar-refractivity contribution < 1.29 is 14.3 Å². The Balaban J connectivity index is 1.74. The van der Waals surface area contributed by atoms with Crippen LogP contribution in [0, 0.1) is 5.92 Å². The maximum atomic E-state index is 12.1. The average Bonchev–Trinajstić information content (AvgIpc) is 2.77. The van der Waals surface area contributed by atoms with E-state index in [0.29, 0.717) is 12.0 Å². The standard InChI is InChI=1S/C17H24N2O3/c1-21-13-17(20)18-8-7-16-14(11-18)12-22-10-9-19(16)15-5-3-2-4-6-15/h2-6,14,16H,7-13H2,1H3/t14-,16+/m1/s1. The Morgan fingerprint density at radius 2 is 2.14 bits per heavy atom. The lowest BCUT2D eigenvalue weighted by Crippen LogP contribution is -2.53. The molecule has 0 N–H and O–H groups in total. The molecule has 5 heteroatoms. The molecule has 2 saturated heterocycles. The number of benzene rings is 1. The molecule has 0 aromatic heterocycles. The average molecular weight is 304 g/mol. The van der Waals surface area contributed by atoms with Gasteiger partial charge in [0, 0.05) is 44.4 Å². The molecule has 5 nitrogen and oxygen atoms in total. The number of ether oxygens (including phenoxy) is 2. The first-order valence-electron chi connectivity index (χ1n) is 7.95. The Morgan fingerprint density at radius 3 is 2.91 bits per heavy atom. The van der Waals surface area contributed by atoms with Crippen LogP contribution in [-0.4, -0.2) is 63.4 Å². The highest BCUT2D eigenvalue weighted by atomic mass is 16.5. The molecule has 0 saturated carbocycles. The van der Waals surface area contributed by atoms with E-state index in [4.69, 9.17) is 9.47 Å². The number of para-hydroxylation sites is 1. The highest BCUT2D eigenvalue weighted by Gasteiger charge is 2.36. The summed E-state index contributed by atoms with van der Waals surface area (Å²) in [6, 6.07) is 11.0. The van der Waals surface area contributed by atoms with Crippen molar-refractivity contribution in [1.29, 1.82) is 0 Å². The Kier molecular flexibility index (Phi) is 4.95. The molecule has 22 heavy (non-hydrogen) atoms. The van der Waals surface area contributed by atoms with E-state index < -0.39 is 0 Å². The predicted octanol–water partition coefficient (Wildman–Crippen LogP) is 1.39. The van der Waals surface area contributed by atoms with Crippen molar-refractivity contribution in [2.75, 3.05) is 51.5 Å². The monoisotopic (exact) mass is 304 g/mol. The van der Waals surface area contributed by atoms with Crippen LogP contribution in [0.3, 0.4) is 0 Å². The topological polar surface area (TPSA) is 42.0 Å². The van der Waals surface area contributed by atoms with E-state index in [1.165, 1.54) is 5.69 Å². The van der Waals surface area contributed by atoms with Gasteiger partial charge in [0.05, 0.1) is 13.2 Å². The summed E-state index contributed by atoms with van der Waals surface area (Å²) in [5, 5.41) is 0. The highest BCUT2D eigenvalue weighted by Crippen LogP contribution is 2.29. The Hall–Kier alpha value is -1.59.